The van der Waals surface area contributed by atoms with Crippen molar-refractivity contribution in [2.24, 2.45) is 0 Å². The van der Waals surface area contributed by atoms with Crippen molar-refractivity contribution < 1.29 is 9.59 Å². The standard InChI is InChI=1S/C21H27N3O2/c1-4-14-24(15-5-2)21(26)19-9-7-8-18(23-19)20(25)22-17-12-10-16(6-3)11-13-17/h7-13H,4-6,14-15H2,1-3H3,(H,22,25). The Labute approximate surface area is 155 Å². The Bertz CT molecular complexity index is 735. The molecule has 0 spiro atoms. The average molecular weight is 353 g/mol. The molecule has 2 aromatic rings. The molecule has 26 heavy (non-hydrogen) atoms. The number of pyridine rings is 1. The Morgan fingerprint density at radius 1 is 0.923 bits per heavy atom. The quantitative estimate of drug-likeness (QED) is 0.775. The maximum Gasteiger partial charge on any atom is 0.274 e. The van der Waals surface area contributed by atoms with Crippen LogP contribution in [0.3, 0.4) is 0 Å². The number of carbonyl (C=O) groups excluding carboxylic acids is 2. The van der Waals surface area contributed by atoms with Crippen LogP contribution in [0.2, 0.25) is 0 Å². The van der Waals surface area contributed by atoms with Crippen molar-refractivity contribution in [1.29, 1.82) is 0 Å². The molecule has 2 amide bonds. The summed E-state index contributed by atoms with van der Waals surface area (Å²) in [6, 6.07) is 12.7. The molecule has 5 heteroatoms. The van der Waals surface area contributed by atoms with Crippen molar-refractivity contribution in [3.63, 3.8) is 0 Å². The van der Waals surface area contributed by atoms with Gasteiger partial charge in [0.25, 0.3) is 11.8 Å². The summed E-state index contributed by atoms with van der Waals surface area (Å²) in [4.78, 5) is 31.2. The second kappa shape index (κ2) is 9.70. The van der Waals surface area contributed by atoms with Crippen molar-refractivity contribution in [2.75, 3.05) is 18.4 Å². The van der Waals surface area contributed by atoms with Crippen LogP contribution in [-0.4, -0.2) is 34.8 Å². The molecular weight excluding hydrogens is 326 g/mol. The van der Waals surface area contributed by atoms with Crippen LogP contribution in [0.15, 0.2) is 42.5 Å². The summed E-state index contributed by atoms with van der Waals surface area (Å²) < 4.78 is 0. The molecule has 0 saturated heterocycles. The van der Waals surface area contributed by atoms with Gasteiger partial charge in [-0.3, -0.25) is 9.59 Å². The highest BCUT2D eigenvalue weighted by Crippen LogP contribution is 2.12. The van der Waals surface area contributed by atoms with Gasteiger partial charge in [0.05, 0.1) is 0 Å². The molecular formula is C21H27N3O2. The monoisotopic (exact) mass is 353 g/mol. The highest BCUT2D eigenvalue weighted by atomic mass is 16.2. The SMILES string of the molecule is CCCN(CCC)C(=O)c1cccc(C(=O)Nc2ccc(CC)cc2)n1. The summed E-state index contributed by atoms with van der Waals surface area (Å²) in [7, 11) is 0. The first-order valence-electron chi connectivity index (χ1n) is 9.25. The molecule has 0 bridgehead atoms. The summed E-state index contributed by atoms with van der Waals surface area (Å²) in [5, 5.41) is 2.83. The summed E-state index contributed by atoms with van der Waals surface area (Å²) in [6.07, 6.45) is 2.73. The fourth-order valence-corrected chi connectivity index (χ4v) is 2.72. The van der Waals surface area contributed by atoms with Gasteiger partial charge in [-0.05, 0) is 49.1 Å². The van der Waals surface area contributed by atoms with E-state index < -0.39 is 0 Å². The number of benzene rings is 1. The molecule has 1 N–H and O–H groups in total. The van der Waals surface area contributed by atoms with Crippen molar-refractivity contribution in [3.8, 4) is 0 Å². The number of hydrogen-bond donors (Lipinski definition) is 1. The molecule has 138 valence electrons. The van der Waals surface area contributed by atoms with E-state index in [1.54, 1.807) is 23.1 Å². The zero-order chi connectivity index (χ0) is 18.9. The largest absolute Gasteiger partial charge is 0.337 e. The second-order valence-electron chi connectivity index (χ2n) is 6.20. The van der Waals surface area contributed by atoms with Gasteiger partial charge in [0, 0.05) is 18.8 Å². The molecule has 2 rings (SSSR count). The third kappa shape index (κ3) is 5.15. The van der Waals surface area contributed by atoms with Crippen LogP contribution in [0.1, 0.15) is 60.2 Å². The first-order valence-corrected chi connectivity index (χ1v) is 9.25. The first kappa shape index (κ1) is 19.6. The summed E-state index contributed by atoms with van der Waals surface area (Å²) in [5.74, 6) is -0.447. The number of nitrogens with zero attached hydrogens (tertiary/aromatic N) is 2. The summed E-state index contributed by atoms with van der Waals surface area (Å²) in [6.45, 7) is 7.54. The molecule has 0 aliphatic heterocycles. The van der Waals surface area contributed by atoms with E-state index in [2.05, 4.69) is 17.2 Å². The molecule has 0 fully saturated rings. The predicted molar refractivity (Wildman–Crippen MR) is 104 cm³/mol. The van der Waals surface area contributed by atoms with E-state index in [-0.39, 0.29) is 17.5 Å². The van der Waals surface area contributed by atoms with E-state index in [1.165, 1.54) is 5.56 Å². The molecule has 1 aromatic heterocycles. The minimum atomic E-state index is -0.318. The van der Waals surface area contributed by atoms with Gasteiger partial charge < -0.3 is 10.2 Å². The molecule has 0 saturated carbocycles. The van der Waals surface area contributed by atoms with E-state index in [9.17, 15) is 9.59 Å². The number of hydrogen-bond acceptors (Lipinski definition) is 3. The number of aromatic nitrogens is 1. The van der Waals surface area contributed by atoms with E-state index in [1.807, 2.05) is 38.1 Å². The van der Waals surface area contributed by atoms with Crippen molar-refractivity contribution >= 4 is 17.5 Å². The molecule has 1 heterocycles. The lowest BCUT2D eigenvalue weighted by Gasteiger charge is -2.21. The van der Waals surface area contributed by atoms with Gasteiger partial charge in [-0.1, -0.05) is 39.0 Å². The van der Waals surface area contributed by atoms with Gasteiger partial charge in [0.2, 0.25) is 0 Å². The van der Waals surface area contributed by atoms with Gasteiger partial charge in [0.1, 0.15) is 11.4 Å². The number of carbonyl (C=O) groups is 2. The van der Waals surface area contributed by atoms with Crippen molar-refractivity contribution in [1.82, 2.24) is 9.88 Å². The maximum atomic E-state index is 12.7. The van der Waals surface area contributed by atoms with Crippen LogP contribution in [0.5, 0.6) is 0 Å². The lowest BCUT2D eigenvalue weighted by atomic mass is 10.1. The molecule has 0 radical (unpaired) electrons. The van der Waals surface area contributed by atoms with Crippen LogP contribution in [0, 0.1) is 0 Å². The average Bonchev–Trinajstić information content (AvgIpc) is 2.68. The second-order valence-corrected chi connectivity index (χ2v) is 6.20. The Morgan fingerprint density at radius 2 is 1.54 bits per heavy atom. The fraction of sp³-hybridized carbons (Fsp3) is 0.381. The third-order valence-electron chi connectivity index (χ3n) is 4.10. The Morgan fingerprint density at radius 3 is 2.12 bits per heavy atom. The Kier molecular flexibility index (Phi) is 7.33. The lowest BCUT2D eigenvalue weighted by Crippen LogP contribution is -2.33. The molecule has 0 aliphatic carbocycles. The lowest BCUT2D eigenvalue weighted by molar-refractivity contribution is 0.0749. The normalized spacial score (nSPS) is 10.4. The molecule has 5 nitrogen and oxygen atoms in total. The van der Waals surface area contributed by atoms with Crippen LogP contribution < -0.4 is 5.32 Å². The minimum Gasteiger partial charge on any atom is -0.337 e. The highest BCUT2D eigenvalue weighted by Gasteiger charge is 2.17. The van der Waals surface area contributed by atoms with Gasteiger partial charge in [0.15, 0.2) is 0 Å². The summed E-state index contributed by atoms with van der Waals surface area (Å²) in [5.41, 5.74) is 2.47. The highest BCUT2D eigenvalue weighted by molar-refractivity contribution is 6.03. The van der Waals surface area contributed by atoms with Crippen LogP contribution in [-0.2, 0) is 6.42 Å². The van der Waals surface area contributed by atoms with E-state index in [4.69, 9.17) is 0 Å². The van der Waals surface area contributed by atoms with Crippen LogP contribution in [0.25, 0.3) is 0 Å². The van der Waals surface area contributed by atoms with Gasteiger partial charge in [-0.2, -0.15) is 0 Å². The molecule has 0 unspecified atom stereocenters. The predicted octanol–water partition coefficient (Wildman–Crippen LogP) is 4.16. The number of anilines is 1. The topological polar surface area (TPSA) is 62.3 Å². The van der Waals surface area contributed by atoms with Crippen molar-refractivity contribution in [3.05, 3.63) is 59.4 Å². The fourth-order valence-electron chi connectivity index (χ4n) is 2.72. The third-order valence-corrected chi connectivity index (χ3v) is 4.10. The van der Waals surface area contributed by atoms with Gasteiger partial charge in [-0.15, -0.1) is 0 Å². The van der Waals surface area contributed by atoms with E-state index in [0.29, 0.717) is 24.5 Å². The van der Waals surface area contributed by atoms with E-state index in [0.717, 1.165) is 19.3 Å². The number of amides is 2. The van der Waals surface area contributed by atoms with Gasteiger partial charge >= 0.3 is 0 Å². The van der Waals surface area contributed by atoms with Crippen molar-refractivity contribution in [2.45, 2.75) is 40.0 Å². The zero-order valence-corrected chi connectivity index (χ0v) is 15.8. The Hall–Kier alpha value is -2.69. The molecule has 0 atom stereocenters. The zero-order valence-electron chi connectivity index (χ0n) is 15.8. The smallest absolute Gasteiger partial charge is 0.274 e. The molecule has 0 aliphatic rings. The minimum absolute atomic E-state index is 0.129. The van der Waals surface area contributed by atoms with Gasteiger partial charge in [-0.25, -0.2) is 4.98 Å². The van der Waals surface area contributed by atoms with Crippen LogP contribution in [0.4, 0.5) is 5.69 Å². The number of rotatable bonds is 8. The maximum absolute atomic E-state index is 12.7. The number of nitrogens with one attached hydrogen (secondary N) is 1. The first-order chi connectivity index (χ1) is 12.6. The number of aryl methyl sites for hydroxylation is 1. The van der Waals surface area contributed by atoms with E-state index >= 15 is 0 Å². The Balaban J connectivity index is 2.13. The molecule has 1 aromatic carbocycles. The summed E-state index contributed by atoms with van der Waals surface area (Å²) >= 11 is 0. The van der Waals surface area contributed by atoms with Crippen LogP contribution >= 0.6 is 0 Å².